The van der Waals surface area contributed by atoms with Gasteiger partial charge < -0.3 is 14.9 Å². The first-order valence-corrected chi connectivity index (χ1v) is 2.62. The summed E-state index contributed by atoms with van der Waals surface area (Å²) in [5.74, 6) is 0. The Morgan fingerprint density at radius 1 is 1.62 bits per heavy atom. The van der Waals surface area contributed by atoms with Crippen molar-refractivity contribution in [3.05, 3.63) is 0 Å². The van der Waals surface area contributed by atoms with Gasteiger partial charge in [-0.3, -0.25) is 0 Å². The minimum atomic E-state index is -0.436. The fraction of sp³-hybridized carbons (Fsp3) is 1.00. The van der Waals surface area contributed by atoms with Crippen molar-refractivity contribution in [2.45, 2.75) is 18.6 Å². The third-order valence-electron chi connectivity index (χ3n) is 1.52. The van der Waals surface area contributed by atoms with Crippen molar-refractivity contribution < 1.29 is 14.9 Å². The molecule has 1 aliphatic rings. The van der Waals surface area contributed by atoms with Crippen LogP contribution < -0.4 is 0 Å². The van der Waals surface area contributed by atoms with Crippen LogP contribution in [0.2, 0.25) is 0 Å². The first-order valence-electron chi connectivity index (χ1n) is 2.62. The van der Waals surface area contributed by atoms with Gasteiger partial charge in [-0.25, -0.2) is 0 Å². The summed E-state index contributed by atoms with van der Waals surface area (Å²) < 4.78 is 4.90. The molecule has 48 valence electrons. The van der Waals surface area contributed by atoms with Crippen molar-refractivity contribution in [1.29, 1.82) is 0 Å². The van der Waals surface area contributed by atoms with E-state index >= 15 is 0 Å². The number of hydrogen-bond acceptors (Lipinski definition) is 3. The van der Waals surface area contributed by atoms with Crippen LogP contribution in [0.3, 0.4) is 0 Å². The molecule has 0 aromatic heterocycles. The summed E-state index contributed by atoms with van der Waals surface area (Å²) in [5, 5.41) is 17.0. The number of aliphatic hydroxyl groups is 2. The zero-order valence-electron chi connectivity index (χ0n) is 4.79. The molecule has 2 N–H and O–H groups in total. The van der Waals surface area contributed by atoms with E-state index in [1.54, 1.807) is 6.92 Å². The van der Waals surface area contributed by atoms with Crippen molar-refractivity contribution in [3.8, 4) is 0 Å². The van der Waals surface area contributed by atoms with Gasteiger partial charge in [0.1, 0.15) is 11.7 Å². The molecule has 3 nitrogen and oxygen atoms in total. The predicted octanol–water partition coefficient (Wildman–Crippen LogP) is -0.872. The second kappa shape index (κ2) is 1.69. The van der Waals surface area contributed by atoms with Crippen molar-refractivity contribution in [2.75, 3.05) is 13.2 Å². The number of ether oxygens (including phenoxy) is 1. The Kier molecular flexibility index (Phi) is 1.27. The maximum Gasteiger partial charge on any atom is 0.117 e. The maximum absolute atomic E-state index is 8.53. The Labute approximate surface area is 47.9 Å². The third kappa shape index (κ3) is 0.727. The largest absolute Gasteiger partial charge is 0.394 e. The standard InChI is InChI=1S/C5H10O3/c1-5(3-7)4(2-6)8-5/h4,6-7H,2-3H2,1H3/t4-,5-/m0/s1. The first kappa shape index (κ1) is 6.01. The van der Waals surface area contributed by atoms with Crippen LogP contribution in [0.15, 0.2) is 0 Å². The number of epoxide rings is 1. The van der Waals surface area contributed by atoms with E-state index in [1.807, 2.05) is 0 Å². The Hall–Kier alpha value is -0.120. The van der Waals surface area contributed by atoms with Crippen LogP contribution in [0.5, 0.6) is 0 Å². The normalized spacial score (nSPS) is 44.6. The monoisotopic (exact) mass is 118 g/mol. The van der Waals surface area contributed by atoms with Crippen molar-refractivity contribution in [1.82, 2.24) is 0 Å². The summed E-state index contributed by atoms with van der Waals surface area (Å²) in [6.07, 6.45) is -0.132. The number of rotatable bonds is 2. The fourth-order valence-electron chi connectivity index (χ4n) is 0.660. The van der Waals surface area contributed by atoms with Crippen LogP contribution in [0, 0.1) is 0 Å². The highest BCUT2D eigenvalue weighted by Gasteiger charge is 2.51. The molecule has 1 heterocycles. The molecule has 1 rings (SSSR count). The summed E-state index contributed by atoms with van der Waals surface area (Å²) >= 11 is 0. The average molecular weight is 118 g/mol. The molecule has 3 heteroatoms. The van der Waals surface area contributed by atoms with Crippen LogP contribution in [0.1, 0.15) is 6.92 Å². The minimum Gasteiger partial charge on any atom is -0.394 e. The van der Waals surface area contributed by atoms with Gasteiger partial charge in [-0.15, -0.1) is 0 Å². The molecule has 0 bridgehead atoms. The molecular formula is C5H10O3. The average Bonchev–Trinajstić information content (AvgIpc) is 2.44. The highest BCUT2D eigenvalue weighted by atomic mass is 16.6. The molecule has 8 heavy (non-hydrogen) atoms. The highest BCUT2D eigenvalue weighted by molar-refractivity contribution is 4.97. The predicted molar refractivity (Wildman–Crippen MR) is 27.4 cm³/mol. The molecule has 2 atom stereocenters. The quantitative estimate of drug-likeness (QED) is 0.463. The molecule has 1 aliphatic heterocycles. The van der Waals surface area contributed by atoms with Gasteiger partial charge in [0.2, 0.25) is 0 Å². The van der Waals surface area contributed by atoms with Crippen molar-refractivity contribution >= 4 is 0 Å². The SMILES string of the molecule is C[C@@]1(CO)O[C@H]1CO. The van der Waals surface area contributed by atoms with Gasteiger partial charge in [0, 0.05) is 0 Å². The molecule has 0 saturated carbocycles. The molecule has 1 fully saturated rings. The van der Waals surface area contributed by atoms with E-state index in [4.69, 9.17) is 14.9 Å². The van der Waals surface area contributed by atoms with E-state index in [0.717, 1.165) is 0 Å². The van der Waals surface area contributed by atoms with Crippen molar-refractivity contribution in [3.63, 3.8) is 0 Å². The lowest BCUT2D eigenvalue weighted by Crippen LogP contribution is -2.16. The Morgan fingerprint density at radius 2 is 2.25 bits per heavy atom. The van der Waals surface area contributed by atoms with Gasteiger partial charge in [-0.05, 0) is 6.92 Å². The van der Waals surface area contributed by atoms with Crippen LogP contribution >= 0.6 is 0 Å². The Balaban J connectivity index is 2.31. The summed E-state index contributed by atoms with van der Waals surface area (Å²) in [6, 6.07) is 0. The molecule has 0 aromatic carbocycles. The van der Waals surface area contributed by atoms with E-state index in [-0.39, 0.29) is 19.3 Å². The second-order valence-electron chi connectivity index (χ2n) is 2.26. The molecule has 0 spiro atoms. The first-order chi connectivity index (χ1) is 3.73. The van der Waals surface area contributed by atoms with Gasteiger partial charge in [-0.2, -0.15) is 0 Å². The smallest absolute Gasteiger partial charge is 0.117 e. The zero-order chi connectivity index (χ0) is 6.20. The summed E-state index contributed by atoms with van der Waals surface area (Å²) in [5.41, 5.74) is -0.436. The van der Waals surface area contributed by atoms with Gasteiger partial charge >= 0.3 is 0 Å². The Morgan fingerprint density at radius 3 is 2.38 bits per heavy atom. The lowest BCUT2D eigenvalue weighted by molar-refractivity contribution is 0.182. The van der Waals surface area contributed by atoms with Crippen molar-refractivity contribution in [2.24, 2.45) is 0 Å². The highest BCUT2D eigenvalue weighted by Crippen LogP contribution is 2.34. The summed E-state index contributed by atoms with van der Waals surface area (Å²) in [4.78, 5) is 0. The molecule has 0 aliphatic carbocycles. The van der Waals surface area contributed by atoms with Gasteiger partial charge in [0.25, 0.3) is 0 Å². The van der Waals surface area contributed by atoms with Crippen LogP contribution in [0.4, 0.5) is 0 Å². The maximum atomic E-state index is 8.53. The van der Waals surface area contributed by atoms with E-state index < -0.39 is 5.60 Å². The molecule has 0 radical (unpaired) electrons. The molecule has 0 aromatic rings. The van der Waals surface area contributed by atoms with Gasteiger partial charge in [-0.1, -0.05) is 0 Å². The lowest BCUT2D eigenvalue weighted by Gasteiger charge is -1.95. The van der Waals surface area contributed by atoms with Crippen LogP contribution in [-0.2, 0) is 4.74 Å². The zero-order valence-corrected chi connectivity index (χ0v) is 4.79. The van der Waals surface area contributed by atoms with E-state index in [1.165, 1.54) is 0 Å². The topological polar surface area (TPSA) is 53.0 Å². The fourth-order valence-corrected chi connectivity index (χ4v) is 0.660. The van der Waals surface area contributed by atoms with Gasteiger partial charge in [0.05, 0.1) is 13.2 Å². The lowest BCUT2D eigenvalue weighted by atomic mass is 10.1. The van der Waals surface area contributed by atoms with Crippen LogP contribution in [-0.4, -0.2) is 35.1 Å². The van der Waals surface area contributed by atoms with E-state index in [9.17, 15) is 0 Å². The number of aliphatic hydroxyl groups excluding tert-OH is 2. The molecular weight excluding hydrogens is 108 g/mol. The molecule has 0 amide bonds. The molecule has 0 unspecified atom stereocenters. The number of hydrogen-bond donors (Lipinski definition) is 2. The minimum absolute atomic E-state index is 0.00176. The van der Waals surface area contributed by atoms with E-state index in [2.05, 4.69) is 0 Å². The molecule has 1 saturated heterocycles. The second-order valence-corrected chi connectivity index (χ2v) is 2.26. The van der Waals surface area contributed by atoms with Gasteiger partial charge in [0.15, 0.2) is 0 Å². The van der Waals surface area contributed by atoms with E-state index in [0.29, 0.717) is 0 Å². The Bertz CT molecular complexity index is 93.7. The summed E-state index contributed by atoms with van der Waals surface area (Å²) in [6.45, 7) is 1.78. The third-order valence-corrected chi connectivity index (χ3v) is 1.52. The van der Waals surface area contributed by atoms with Crippen LogP contribution in [0.25, 0.3) is 0 Å². The summed E-state index contributed by atoms with van der Waals surface area (Å²) in [7, 11) is 0.